The first kappa shape index (κ1) is 11.7. The topological polar surface area (TPSA) is 9.23 Å². The normalized spacial score (nSPS) is 19.1. The van der Waals surface area contributed by atoms with Gasteiger partial charge in [-0.25, -0.2) is 0 Å². The van der Waals surface area contributed by atoms with E-state index < -0.39 is 0 Å². The van der Waals surface area contributed by atoms with Crippen molar-refractivity contribution < 1.29 is 4.74 Å². The van der Waals surface area contributed by atoms with Gasteiger partial charge in [-0.1, -0.05) is 25.6 Å². The summed E-state index contributed by atoms with van der Waals surface area (Å²) < 4.78 is 5.82. The summed E-state index contributed by atoms with van der Waals surface area (Å²) in [5.41, 5.74) is 3.62. The third-order valence-corrected chi connectivity index (χ3v) is 3.18. The highest BCUT2D eigenvalue weighted by molar-refractivity contribution is 5.39. The molecule has 88 valence electrons. The van der Waals surface area contributed by atoms with Crippen molar-refractivity contribution in [1.82, 2.24) is 0 Å². The Morgan fingerprint density at radius 1 is 1.18 bits per heavy atom. The molecule has 0 radical (unpaired) electrons. The first-order chi connectivity index (χ1) is 8.06. The predicted molar refractivity (Wildman–Crippen MR) is 72.1 cm³/mol. The summed E-state index contributed by atoms with van der Waals surface area (Å²) in [4.78, 5) is 0. The van der Waals surface area contributed by atoms with Crippen molar-refractivity contribution in [2.45, 2.75) is 20.8 Å². The Morgan fingerprint density at radius 2 is 1.94 bits per heavy atom. The molecule has 0 spiro atoms. The molecule has 0 aromatic heterocycles. The lowest BCUT2D eigenvalue weighted by molar-refractivity contribution is 0.440. The molecule has 1 aromatic carbocycles. The molecule has 0 bridgehead atoms. The van der Waals surface area contributed by atoms with Crippen LogP contribution in [0.25, 0.3) is 0 Å². The van der Waals surface area contributed by atoms with E-state index in [1.807, 2.05) is 18.2 Å². The van der Waals surface area contributed by atoms with Gasteiger partial charge >= 0.3 is 0 Å². The Balaban J connectivity index is 2.17. The fourth-order valence-corrected chi connectivity index (χ4v) is 1.70. The maximum atomic E-state index is 5.82. The van der Waals surface area contributed by atoms with Crippen molar-refractivity contribution in [2.24, 2.45) is 5.92 Å². The molecule has 1 aliphatic rings. The van der Waals surface area contributed by atoms with E-state index >= 15 is 0 Å². The lowest BCUT2D eigenvalue weighted by atomic mass is 9.97. The number of ether oxygens (including phenoxy) is 1. The lowest BCUT2D eigenvalue weighted by Gasteiger charge is -2.15. The van der Waals surface area contributed by atoms with E-state index in [-0.39, 0.29) is 0 Å². The van der Waals surface area contributed by atoms with E-state index in [2.05, 4.69) is 45.6 Å². The van der Waals surface area contributed by atoms with Crippen molar-refractivity contribution in [2.75, 3.05) is 0 Å². The van der Waals surface area contributed by atoms with Gasteiger partial charge in [0.25, 0.3) is 0 Å². The maximum absolute atomic E-state index is 5.82. The summed E-state index contributed by atoms with van der Waals surface area (Å²) in [7, 11) is 0. The average molecular weight is 226 g/mol. The van der Waals surface area contributed by atoms with Crippen molar-refractivity contribution in [1.29, 1.82) is 0 Å². The Morgan fingerprint density at radius 3 is 2.59 bits per heavy atom. The standard InChI is InChI=1S/C16H18O/c1-11-5-7-15(9-13(11)3)17-16-8-6-12(2)14(4)10-16/h5-11H,3H2,1-2,4H3. The highest BCUT2D eigenvalue weighted by Gasteiger charge is 2.09. The number of allylic oxidation sites excluding steroid dienone is 4. The largest absolute Gasteiger partial charge is 0.457 e. The second-order valence-electron chi connectivity index (χ2n) is 4.62. The van der Waals surface area contributed by atoms with Gasteiger partial charge in [0, 0.05) is 0 Å². The summed E-state index contributed by atoms with van der Waals surface area (Å²) in [6.07, 6.45) is 6.12. The van der Waals surface area contributed by atoms with Gasteiger partial charge in [-0.3, -0.25) is 0 Å². The van der Waals surface area contributed by atoms with Crippen LogP contribution in [-0.4, -0.2) is 0 Å². The molecule has 1 heteroatoms. The molecule has 1 aromatic rings. The molecule has 1 unspecified atom stereocenters. The summed E-state index contributed by atoms with van der Waals surface area (Å²) >= 11 is 0. The Hall–Kier alpha value is -1.76. The SMILES string of the molecule is C=C1C=C(Oc2ccc(C)c(C)c2)C=CC1C. The average Bonchev–Trinajstić information content (AvgIpc) is 2.29. The highest BCUT2D eigenvalue weighted by atomic mass is 16.5. The van der Waals surface area contributed by atoms with Crippen LogP contribution in [0.15, 0.2) is 54.3 Å². The minimum atomic E-state index is 0.405. The van der Waals surface area contributed by atoms with Crippen LogP contribution in [0.5, 0.6) is 5.75 Å². The summed E-state index contributed by atoms with van der Waals surface area (Å²) in [6.45, 7) is 10.3. The molecule has 0 heterocycles. The van der Waals surface area contributed by atoms with Crippen LogP contribution in [0.4, 0.5) is 0 Å². The summed E-state index contributed by atoms with van der Waals surface area (Å²) in [5, 5.41) is 0. The lowest BCUT2D eigenvalue weighted by Crippen LogP contribution is -2.02. The van der Waals surface area contributed by atoms with Crippen LogP contribution >= 0.6 is 0 Å². The Labute approximate surface area is 103 Å². The molecule has 0 fully saturated rings. The van der Waals surface area contributed by atoms with Gasteiger partial charge in [0.2, 0.25) is 0 Å². The van der Waals surface area contributed by atoms with Gasteiger partial charge in [-0.05, 0) is 60.8 Å². The van der Waals surface area contributed by atoms with Gasteiger partial charge < -0.3 is 4.74 Å². The van der Waals surface area contributed by atoms with Crippen LogP contribution < -0.4 is 4.74 Å². The predicted octanol–water partition coefficient (Wildman–Crippen LogP) is 4.33. The zero-order chi connectivity index (χ0) is 12.4. The quantitative estimate of drug-likeness (QED) is 0.729. The van der Waals surface area contributed by atoms with Crippen molar-refractivity contribution in [3.63, 3.8) is 0 Å². The first-order valence-corrected chi connectivity index (χ1v) is 5.90. The number of rotatable bonds is 2. The number of hydrogen-bond donors (Lipinski definition) is 0. The second kappa shape index (κ2) is 4.62. The van der Waals surface area contributed by atoms with Crippen LogP contribution in [0, 0.1) is 19.8 Å². The third kappa shape index (κ3) is 2.68. The van der Waals surface area contributed by atoms with Crippen LogP contribution in [0.2, 0.25) is 0 Å². The molecule has 0 saturated carbocycles. The van der Waals surface area contributed by atoms with E-state index in [0.29, 0.717) is 5.92 Å². The minimum Gasteiger partial charge on any atom is -0.457 e. The number of benzene rings is 1. The molecule has 0 N–H and O–H groups in total. The van der Waals surface area contributed by atoms with E-state index in [0.717, 1.165) is 17.1 Å². The Bertz CT molecular complexity index is 506. The van der Waals surface area contributed by atoms with Crippen molar-refractivity contribution in [3.05, 3.63) is 65.5 Å². The van der Waals surface area contributed by atoms with Crippen molar-refractivity contribution in [3.8, 4) is 5.75 Å². The fourth-order valence-electron chi connectivity index (χ4n) is 1.70. The molecule has 1 nitrogen and oxygen atoms in total. The monoisotopic (exact) mass is 226 g/mol. The number of aryl methyl sites for hydroxylation is 2. The van der Waals surface area contributed by atoms with Gasteiger partial charge in [-0.2, -0.15) is 0 Å². The summed E-state index contributed by atoms with van der Waals surface area (Å²) in [6, 6.07) is 6.14. The van der Waals surface area contributed by atoms with E-state index in [1.165, 1.54) is 11.1 Å². The van der Waals surface area contributed by atoms with E-state index in [4.69, 9.17) is 4.74 Å². The highest BCUT2D eigenvalue weighted by Crippen LogP contribution is 2.24. The molecular weight excluding hydrogens is 208 g/mol. The van der Waals surface area contributed by atoms with Crippen LogP contribution in [0.1, 0.15) is 18.1 Å². The molecule has 2 rings (SSSR count). The van der Waals surface area contributed by atoms with Gasteiger partial charge in [0.05, 0.1) is 0 Å². The van der Waals surface area contributed by atoms with Crippen LogP contribution in [0.3, 0.4) is 0 Å². The summed E-state index contributed by atoms with van der Waals surface area (Å²) in [5.74, 6) is 2.14. The van der Waals surface area contributed by atoms with Crippen LogP contribution in [-0.2, 0) is 0 Å². The molecular formula is C16H18O. The van der Waals surface area contributed by atoms with Gasteiger partial charge in [0.15, 0.2) is 0 Å². The molecule has 1 aliphatic carbocycles. The zero-order valence-corrected chi connectivity index (χ0v) is 10.7. The molecule has 0 aliphatic heterocycles. The zero-order valence-electron chi connectivity index (χ0n) is 10.7. The fraction of sp³-hybridized carbons (Fsp3) is 0.250. The van der Waals surface area contributed by atoms with Gasteiger partial charge in [-0.15, -0.1) is 0 Å². The smallest absolute Gasteiger partial charge is 0.127 e. The van der Waals surface area contributed by atoms with E-state index in [9.17, 15) is 0 Å². The molecule has 0 saturated heterocycles. The minimum absolute atomic E-state index is 0.405. The van der Waals surface area contributed by atoms with Gasteiger partial charge in [0.1, 0.15) is 11.5 Å². The first-order valence-electron chi connectivity index (χ1n) is 5.90. The molecule has 1 atom stereocenters. The third-order valence-electron chi connectivity index (χ3n) is 3.18. The maximum Gasteiger partial charge on any atom is 0.127 e. The van der Waals surface area contributed by atoms with Crippen molar-refractivity contribution >= 4 is 0 Å². The molecule has 17 heavy (non-hydrogen) atoms. The Kier molecular flexibility index (Phi) is 3.19. The second-order valence-corrected chi connectivity index (χ2v) is 4.62. The number of hydrogen-bond acceptors (Lipinski definition) is 1. The van der Waals surface area contributed by atoms with E-state index in [1.54, 1.807) is 0 Å². The molecule has 0 amide bonds.